The van der Waals surface area contributed by atoms with Crippen molar-refractivity contribution in [1.82, 2.24) is 14.8 Å². The van der Waals surface area contributed by atoms with Crippen molar-refractivity contribution < 1.29 is 9.18 Å². The van der Waals surface area contributed by atoms with Crippen LogP contribution in [0, 0.1) is 5.82 Å². The second kappa shape index (κ2) is 8.44. The predicted molar refractivity (Wildman–Crippen MR) is 101 cm³/mol. The van der Waals surface area contributed by atoms with Crippen LogP contribution >= 0.6 is 11.8 Å². The van der Waals surface area contributed by atoms with Crippen molar-refractivity contribution >= 4 is 23.4 Å². The molecule has 0 saturated heterocycles. The fourth-order valence-corrected chi connectivity index (χ4v) is 3.10. The van der Waals surface area contributed by atoms with Crippen LogP contribution in [0.15, 0.2) is 72.4 Å². The number of rotatable bonds is 7. The fraction of sp³-hybridized carbons (Fsp3) is 0.105. The van der Waals surface area contributed by atoms with E-state index in [1.165, 1.54) is 36.0 Å². The lowest BCUT2D eigenvalue weighted by Crippen LogP contribution is -2.14. The van der Waals surface area contributed by atoms with E-state index in [4.69, 9.17) is 0 Å². The smallest absolute Gasteiger partial charge is 0.234 e. The maximum absolute atomic E-state index is 12.9. The number of benzene rings is 2. The van der Waals surface area contributed by atoms with Gasteiger partial charge in [-0.25, -0.2) is 4.39 Å². The zero-order valence-electron chi connectivity index (χ0n) is 13.9. The van der Waals surface area contributed by atoms with Crippen molar-refractivity contribution in [2.24, 2.45) is 0 Å². The summed E-state index contributed by atoms with van der Waals surface area (Å²) in [5, 5.41) is 11.8. The number of nitrogens with zero attached hydrogens (tertiary/aromatic N) is 3. The predicted octanol–water partition coefficient (Wildman–Crippen LogP) is 4.00. The average molecular weight is 368 g/mol. The van der Waals surface area contributed by atoms with Gasteiger partial charge in [0.05, 0.1) is 5.75 Å². The van der Waals surface area contributed by atoms with Gasteiger partial charge in [-0.15, -0.1) is 16.8 Å². The van der Waals surface area contributed by atoms with Crippen LogP contribution < -0.4 is 5.32 Å². The molecule has 132 valence electrons. The van der Waals surface area contributed by atoms with Crippen molar-refractivity contribution in [3.63, 3.8) is 0 Å². The maximum Gasteiger partial charge on any atom is 0.234 e. The van der Waals surface area contributed by atoms with Crippen molar-refractivity contribution in [2.45, 2.75) is 11.7 Å². The van der Waals surface area contributed by atoms with E-state index in [1.807, 2.05) is 34.9 Å². The van der Waals surface area contributed by atoms with Crippen molar-refractivity contribution in [3.05, 3.63) is 73.1 Å². The zero-order valence-corrected chi connectivity index (χ0v) is 14.7. The summed E-state index contributed by atoms with van der Waals surface area (Å²) in [6.07, 6.45) is 1.76. The molecule has 0 bridgehead atoms. The number of hydrogen-bond acceptors (Lipinski definition) is 4. The Morgan fingerprint density at radius 2 is 1.88 bits per heavy atom. The van der Waals surface area contributed by atoms with Gasteiger partial charge in [0.15, 0.2) is 11.0 Å². The number of carbonyl (C=O) groups excluding carboxylic acids is 1. The first-order chi connectivity index (χ1) is 12.7. The molecule has 26 heavy (non-hydrogen) atoms. The van der Waals surface area contributed by atoms with E-state index < -0.39 is 0 Å². The quantitative estimate of drug-likeness (QED) is 0.506. The second-order valence-electron chi connectivity index (χ2n) is 5.42. The summed E-state index contributed by atoms with van der Waals surface area (Å²) in [4.78, 5) is 12.1. The molecule has 0 unspecified atom stereocenters. The monoisotopic (exact) mass is 368 g/mol. The molecule has 0 radical (unpaired) electrons. The molecule has 0 aliphatic heterocycles. The number of amides is 1. The number of halogens is 1. The van der Waals surface area contributed by atoms with Crippen LogP contribution in [0.4, 0.5) is 10.1 Å². The van der Waals surface area contributed by atoms with Gasteiger partial charge >= 0.3 is 0 Å². The molecule has 0 aliphatic carbocycles. The van der Waals surface area contributed by atoms with Gasteiger partial charge in [-0.05, 0) is 24.3 Å². The van der Waals surface area contributed by atoms with Crippen molar-refractivity contribution in [1.29, 1.82) is 0 Å². The van der Waals surface area contributed by atoms with Crippen LogP contribution in [0.1, 0.15) is 0 Å². The Morgan fingerprint density at radius 1 is 1.15 bits per heavy atom. The van der Waals surface area contributed by atoms with E-state index in [0.29, 0.717) is 17.4 Å². The molecular weight excluding hydrogens is 351 g/mol. The van der Waals surface area contributed by atoms with Gasteiger partial charge in [0, 0.05) is 17.8 Å². The van der Waals surface area contributed by atoms with Gasteiger partial charge in [0.1, 0.15) is 5.82 Å². The molecule has 1 amide bonds. The third kappa shape index (κ3) is 4.37. The Labute approximate surface area is 155 Å². The molecule has 0 spiro atoms. The SMILES string of the molecule is C=CCn1c(SCC(=O)Nc2ccc(F)cc2)nnc1-c1ccccc1. The summed E-state index contributed by atoms with van der Waals surface area (Å²) in [5.41, 5.74) is 1.50. The first-order valence-electron chi connectivity index (χ1n) is 7.95. The Hall–Kier alpha value is -2.93. The van der Waals surface area contributed by atoms with Gasteiger partial charge < -0.3 is 5.32 Å². The van der Waals surface area contributed by atoms with Gasteiger partial charge in [-0.2, -0.15) is 0 Å². The molecule has 1 heterocycles. The average Bonchev–Trinajstić information content (AvgIpc) is 3.06. The number of hydrogen-bond donors (Lipinski definition) is 1. The molecule has 0 atom stereocenters. The zero-order chi connectivity index (χ0) is 18.4. The van der Waals surface area contributed by atoms with E-state index in [0.717, 1.165) is 11.4 Å². The lowest BCUT2D eigenvalue weighted by molar-refractivity contribution is -0.113. The van der Waals surface area contributed by atoms with Gasteiger partial charge in [-0.3, -0.25) is 9.36 Å². The van der Waals surface area contributed by atoms with E-state index in [1.54, 1.807) is 6.08 Å². The summed E-state index contributed by atoms with van der Waals surface area (Å²) in [7, 11) is 0. The van der Waals surface area contributed by atoms with Crippen LogP contribution in [0.5, 0.6) is 0 Å². The Balaban J connectivity index is 1.69. The maximum atomic E-state index is 12.9. The summed E-state index contributed by atoms with van der Waals surface area (Å²) in [6.45, 7) is 4.31. The van der Waals surface area contributed by atoms with E-state index in [-0.39, 0.29) is 17.5 Å². The molecule has 2 aromatic carbocycles. The van der Waals surface area contributed by atoms with Crippen molar-refractivity contribution in [2.75, 3.05) is 11.1 Å². The van der Waals surface area contributed by atoms with Gasteiger partial charge in [0.2, 0.25) is 5.91 Å². The first kappa shape index (κ1) is 17.9. The van der Waals surface area contributed by atoms with Gasteiger partial charge in [-0.1, -0.05) is 48.2 Å². The third-order valence-electron chi connectivity index (χ3n) is 3.52. The lowest BCUT2D eigenvalue weighted by Gasteiger charge is -2.08. The molecule has 5 nitrogen and oxygen atoms in total. The van der Waals surface area contributed by atoms with Crippen LogP contribution in [0.3, 0.4) is 0 Å². The van der Waals surface area contributed by atoms with Crippen LogP contribution in [0.2, 0.25) is 0 Å². The molecule has 0 saturated carbocycles. The summed E-state index contributed by atoms with van der Waals surface area (Å²) in [6, 6.07) is 15.4. The van der Waals surface area contributed by atoms with E-state index in [9.17, 15) is 9.18 Å². The summed E-state index contributed by atoms with van der Waals surface area (Å²) in [5.74, 6) is 0.354. The largest absolute Gasteiger partial charge is 0.325 e. The van der Waals surface area contributed by atoms with Crippen LogP contribution in [-0.4, -0.2) is 26.4 Å². The highest BCUT2D eigenvalue weighted by molar-refractivity contribution is 7.99. The normalized spacial score (nSPS) is 10.5. The van der Waals surface area contributed by atoms with Crippen LogP contribution in [0.25, 0.3) is 11.4 Å². The standard InChI is InChI=1S/C19H17FN4OS/c1-2-12-24-18(14-6-4-3-5-7-14)22-23-19(24)26-13-17(25)21-16-10-8-15(20)9-11-16/h2-11H,1,12-13H2,(H,21,25). The van der Waals surface area contributed by atoms with E-state index >= 15 is 0 Å². The molecular formula is C19H17FN4OS. The minimum atomic E-state index is -0.344. The highest BCUT2D eigenvalue weighted by Gasteiger charge is 2.14. The molecule has 0 aliphatic rings. The molecule has 1 N–H and O–H groups in total. The van der Waals surface area contributed by atoms with Crippen molar-refractivity contribution in [3.8, 4) is 11.4 Å². The lowest BCUT2D eigenvalue weighted by atomic mass is 10.2. The number of thioether (sulfide) groups is 1. The molecule has 1 aromatic heterocycles. The number of allylic oxidation sites excluding steroid dienone is 1. The van der Waals surface area contributed by atoms with E-state index in [2.05, 4.69) is 22.1 Å². The fourth-order valence-electron chi connectivity index (χ4n) is 2.35. The minimum Gasteiger partial charge on any atom is -0.325 e. The third-order valence-corrected chi connectivity index (χ3v) is 4.49. The van der Waals surface area contributed by atoms with Crippen LogP contribution in [-0.2, 0) is 11.3 Å². The minimum absolute atomic E-state index is 0.168. The Morgan fingerprint density at radius 3 is 2.58 bits per heavy atom. The molecule has 7 heteroatoms. The molecule has 3 aromatic rings. The Kier molecular flexibility index (Phi) is 5.80. The highest BCUT2D eigenvalue weighted by atomic mass is 32.2. The Bertz CT molecular complexity index is 894. The number of carbonyl (C=O) groups is 1. The van der Waals surface area contributed by atoms with Gasteiger partial charge in [0.25, 0.3) is 0 Å². The molecule has 3 rings (SSSR count). The summed E-state index contributed by atoms with van der Waals surface area (Å²) < 4.78 is 14.8. The molecule has 0 fully saturated rings. The number of nitrogens with one attached hydrogen (secondary N) is 1. The topological polar surface area (TPSA) is 59.8 Å². The number of anilines is 1. The second-order valence-corrected chi connectivity index (χ2v) is 6.36. The highest BCUT2D eigenvalue weighted by Crippen LogP contribution is 2.24. The number of aromatic nitrogens is 3. The first-order valence-corrected chi connectivity index (χ1v) is 8.93. The summed E-state index contributed by atoms with van der Waals surface area (Å²) >= 11 is 1.29.